The number of carbonyl (C=O) groups excluding carboxylic acids is 1. The number of carbonyl (C=O) groups is 1. The van der Waals surface area contributed by atoms with Gasteiger partial charge in [0.15, 0.2) is 0 Å². The molecule has 1 aromatic carbocycles. The summed E-state index contributed by atoms with van der Waals surface area (Å²) in [6, 6.07) is 7.84. The Morgan fingerprint density at radius 3 is 2.53 bits per heavy atom. The number of anilines is 1. The maximum absolute atomic E-state index is 11.5. The molecule has 0 aliphatic carbocycles. The Balaban J connectivity index is 2.59. The molecule has 17 heavy (non-hydrogen) atoms. The van der Waals surface area contributed by atoms with Gasteiger partial charge in [-0.05, 0) is 32.9 Å². The topological polar surface area (TPSA) is 38.3 Å². The lowest BCUT2D eigenvalue weighted by Crippen LogP contribution is -2.24. The van der Waals surface area contributed by atoms with Crippen molar-refractivity contribution in [2.45, 2.75) is 26.8 Å². The van der Waals surface area contributed by atoms with Crippen LogP contribution in [0.3, 0.4) is 0 Å². The predicted molar refractivity (Wildman–Crippen MR) is 70.0 cm³/mol. The monoisotopic (exact) mass is 233 g/mol. The van der Waals surface area contributed by atoms with Crippen LogP contribution in [0.25, 0.3) is 0 Å². The van der Waals surface area contributed by atoms with E-state index in [9.17, 15) is 4.79 Å². The highest BCUT2D eigenvalue weighted by Gasteiger charge is 2.15. The van der Waals surface area contributed by atoms with E-state index in [-0.39, 0.29) is 12.0 Å². The maximum atomic E-state index is 11.5. The fourth-order valence-electron chi connectivity index (χ4n) is 1.39. The number of hydrogen-bond donors (Lipinski definition) is 1. The highest BCUT2D eigenvalue weighted by molar-refractivity contribution is 5.89. The Morgan fingerprint density at radius 1 is 1.41 bits per heavy atom. The van der Waals surface area contributed by atoms with Gasteiger partial charge in [0, 0.05) is 5.69 Å². The molecule has 0 aromatic heterocycles. The van der Waals surface area contributed by atoms with E-state index in [0.717, 1.165) is 5.69 Å². The molecule has 0 bridgehead atoms. The SMILES string of the molecule is C=C(C(=O)OCC)C(C)Nc1ccc(C)cc1. The first-order valence-electron chi connectivity index (χ1n) is 5.73. The van der Waals surface area contributed by atoms with Crippen LogP contribution in [0.2, 0.25) is 0 Å². The van der Waals surface area contributed by atoms with Crippen molar-refractivity contribution in [3.63, 3.8) is 0 Å². The number of ether oxygens (including phenoxy) is 1. The van der Waals surface area contributed by atoms with Crippen molar-refractivity contribution in [3.8, 4) is 0 Å². The van der Waals surface area contributed by atoms with Crippen LogP contribution in [0, 0.1) is 6.92 Å². The fraction of sp³-hybridized carbons (Fsp3) is 0.357. The molecule has 0 aliphatic rings. The van der Waals surface area contributed by atoms with Gasteiger partial charge in [-0.1, -0.05) is 24.3 Å². The average Bonchev–Trinajstić information content (AvgIpc) is 2.31. The van der Waals surface area contributed by atoms with E-state index in [2.05, 4.69) is 11.9 Å². The van der Waals surface area contributed by atoms with Crippen molar-refractivity contribution in [3.05, 3.63) is 42.0 Å². The van der Waals surface area contributed by atoms with Gasteiger partial charge in [-0.25, -0.2) is 4.79 Å². The third kappa shape index (κ3) is 3.94. The van der Waals surface area contributed by atoms with Gasteiger partial charge in [0.2, 0.25) is 0 Å². The van der Waals surface area contributed by atoms with E-state index in [1.54, 1.807) is 6.92 Å². The van der Waals surface area contributed by atoms with Gasteiger partial charge < -0.3 is 10.1 Å². The Bertz CT molecular complexity index is 395. The van der Waals surface area contributed by atoms with Gasteiger partial charge in [0.05, 0.1) is 18.2 Å². The lowest BCUT2D eigenvalue weighted by atomic mass is 10.1. The quantitative estimate of drug-likeness (QED) is 0.627. The number of benzene rings is 1. The van der Waals surface area contributed by atoms with Crippen molar-refractivity contribution in [1.82, 2.24) is 0 Å². The van der Waals surface area contributed by atoms with Crippen molar-refractivity contribution >= 4 is 11.7 Å². The van der Waals surface area contributed by atoms with Crippen LogP contribution in [0.5, 0.6) is 0 Å². The van der Waals surface area contributed by atoms with Crippen LogP contribution >= 0.6 is 0 Å². The summed E-state index contributed by atoms with van der Waals surface area (Å²) in [5.41, 5.74) is 2.60. The normalized spacial score (nSPS) is 11.7. The van der Waals surface area contributed by atoms with Gasteiger partial charge in [0.1, 0.15) is 0 Å². The molecule has 1 atom stereocenters. The van der Waals surface area contributed by atoms with Crippen LogP contribution in [-0.4, -0.2) is 18.6 Å². The Morgan fingerprint density at radius 2 is 2.00 bits per heavy atom. The minimum absolute atomic E-state index is 0.142. The lowest BCUT2D eigenvalue weighted by molar-refractivity contribution is -0.138. The molecule has 3 nitrogen and oxygen atoms in total. The first kappa shape index (κ1) is 13.3. The number of nitrogens with one attached hydrogen (secondary N) is 1. The zero-order valence-electron chi connectivity index (χ0n) is 10.6. The minimum atomic E-state index is -0.348. The van der Waals surface area contributed by atoms with Crippen LogP contribution in [0.15, 0.2) is 36.4 Å². The summed E-state index contributed by atoms with van der Waals surface area (Å²) < 4.78 is 4.90. The van der Waals surface area contributed by atoms with Gasteiger partial charge in [-0.15, -0.1) is 0 Å². The predicted octanol–water partition coefficient (Wildman–Crippen LogP) is 2.91. The molecule has 1 aromatic rings. The summed E-state index contributed by atoms with van der Waals surface area (Å²) in [7, 11) is 0. The summed E-state index contributed by atoms with van der Waals surface area (Å²) in [4.78, 5) is 11.5. The number of esters is 1. The third-order valence-electron chi connectivity index (χ3n) is 2.50. The average molecular weight is 233 g/mol. The molecule has 0 radical (unpaired) electrons. The van der Waals surface area contributed by atoms with E-state index in [1.165, 1.54) is 5.56 Å². The Labute approximate surface area is 102 Å². The van der Waals surface area contributed by atoms with E-state index in [1.807, 2.05) is 38.1 Å². The van der Waals surface area contributed by atoms with Gasteiger partial charge in [-0.2, -0.15) is 0 Å². The molecule has 1 rings (SSSR count). The van der Waals surface area contributed by atoms with Crippen molar-refractivity contribution in [2.24, 2.45) is 0 Å². The van der Waals surface area contributed by atoms with E-state index in [0.29, 0.717) is 12.2 Å². The molecule has 0 heterocycles. The summed E-state index contributed by atoms with van der Waals surface area (Å²) in [6.45, 7) is 9.82. The van der Waals surface area contributed by atoms with Crippen molar-refractivity contribution in [2.75, 3.05) is 11.9 Å². The number of rotatable bonds is 5. The molecule has 0 spiro atoms. The maximum Gasteiger partial charge on any atom is 0.335 e. The molecular weight excluding hydrogens is 214 g/mol. The van der Waals surface area contributed by atoms with E-state index < -0.39 is 0 Å². The highest BCUT2D eigenvalue weighted by Crippen LogP contribution is 2.13. The minimum Gasteiger partial charge on any atom is -0.463 e. The smallest absolute Gasteiger partial charge is 0.335 e. The molecule has 92 valence electrons. The number of aryl methyl sites for hydroxylation is 1. The number of hydrogen-bond acceptors (Lipinski definition) is 3. The first-order valence-corrected chi connectivity index (χ1v) is 5.73. The second-order valence-electron chi connectivity index (χ2n) is 3.98. The summed E-state index contributed by atoms with van der Waals surface area (Å²) in [5, 5.41) is 3.21. The second kappa shape index (κ2) is 6.09. The molecule has 0 saturated carbocycles. The first-order chi connectivity index (χ1) is 8.04. The van der Waals surface area contributed by atoms with Crippen LogP contribution in [0.4, 0.5) is 5.69 Å². The molecule has 0 fully saturated rings. The fourth-order valence-corrected chi connectivity index (χ4v) is 1.39. The van der Waals surface area contributed by atoms with Crippen LogP contribution in [-0.2, 0) is 9.53 Å². The van der Waals surface area contributed by atoms with Crippen LogP contribution < -0.4 is 5.32 Å². The van der Waals surface area contributed by atoms with Crippen LogP contribution in [0.1, 0.15) is 19.4 Å². The highest BCUT2D eigenvalue weighted by atomic mass is 16.5. The molecule has 0 saturated heterocycles. The molecule has 3 heteroatoms. The molecule has 1 N–H and O–H groups in total. The zero-order chi connectivity index (χ0) is 12.8. The molecule has 1 unspecified atom stereocenters. The van der Waals surface area contributed by atoms with Gasteiger partial charge in [0.25, 0.3) is 0 Å². The third-order valence-corrected chi connectivity index (χ3v) is 2.50. The lowest BCUT2D eigenvalue weighted by Gasteiger charge is -2.16. The zero-order valence-corrected chi connectivity index (χ0v) is 10.6. The standard InChI is InChI=1S/C14H19NO2/c1-5-17-14(16)11(3)12(4)15-13-8-6-10(2)7-9-13/h6-9,12,15H,3,5H2,1-2,4H3. The molecular formula is C14H19NO2. The summed E-state index contributed by atoms with van der Waals surface area (Å²) in [6.07, 6.45) is 0. The Hall–Kier alpha value is -1.77. The molecule has 0 amide bonds. The Kier molecular flexibility index (Phi) is 4.76. The molecule has 0 aliphatic heterocycles. The van der Waals surface area contributed by atoms with E-state index >= 15 is 0 Å². The second-order valence-corrected chi connectivity index (χ2v) is 3.98. The van der Waals surface area contributed by atoms with Crippen molar-refractivity contribution < 1.29 is 9.53 Å². The summed E-state index contributed by atoms with van der Waals surface area (Å²) in [5.74, 6) is -0.348. The van der Waals surface area contributed by atoms with Gasteiger partial charge in [-0.3, -0.25) is 0 Å². The largest absolute Gasteiger partial charge is 0.463 e. The summed E-state index contributed by atoms with van der Waals surface area (Å²) >= 11 is 0. The van der Waals surface area contributed by atoms with Crippen molar-refractivity contribution in [1.29, 1.82) is 0 Å². The van der Waals surface area contributed by atoms with Gasteiger partial charge >= 0.3 is 5.97 Å². The van der Waals surface area contributed by atoms with E-state index in [4.69, 9.17) is 4.74 Å².